The Bertz CT molecular complexity index is 725. The lowest BCUT2D eigenvalue weighted by molar-refractivity contribution is -0.896. The highest BCUT2D eigenvalue weighted by Crippen LogP contribution is 2.19. The molecule has 26 heavy (non-hydrogen) atoms. The van der Waals surface area contributed by atoms with Crippen LogP contribution in [0.5, 0.6) is 0 Å². The van der Waals surface area contributed by atoms with Gasteiger partial charge in [0.15, 0.2) is 6.54 Å². The van der Waals surface area contributed by atoms with Gasteiger partial charge in [0.05, 0.1) is 31.1 Å². The second-order valence-corrected chi connectivity index (χ2v) is 9.46. The number of sulfonamides is 1. The molecule has 0 radical (unpaired) electrons. The number of nitrogens with one attached hydrogen (secondary N) is 1. The number of rotatable bonds is 4. The minimum absolute atomic E-state index is 0.202. The van der Waals surface area contributed by atoms with E-state index in [1.54, 1.807) is 18.2 Å². The van der Waals surface area contributed by atoms with Crippen molar-refractivity contribution >= 4 is 27.5 Å². The first-order valence-corrected chi connectivity index (χ1v) is 11.2. The number of benzene rings is 1. The Morgan fingerprint density at radius 3 is 2.31 bits per heavy atom. The van der Waals surface area contributed by atoms with Gasteiger partial charge in [-0.15, -0.1) is 0 Å². The van der Waals surface area contributed by atoms with E-state index in [0.29, 0.717) is 37.7 Å². The van der Waals surface area contributed by atoms with Crippen LogP contribution >= 0.6 is 11.6 Å². The number of carbonyl (C=O) groups excluding carboxylic acids is 1. The zero-order valence-electron chi connectivity index (χ0n) is 15.0. The molecule has 0 aliphatic carbocycles. The van der Waals surface area contributed by atoms with E-state index in [1.807, 2.05) is 4.90 Å². The predicted octanol–water partition coefficient (Wildman–Crippen LogP) is 0.632. The summed E-state index contributed by atoms with van der Waals surface area (Å²) in [7, 11) is -3.52. The highest BCUT2D eigenvalue weighted by Gasteiger charge is 2.32. The third kappa shape index (κ3) is 4.76. The fourth-order valence-corrected chi connectivity index (χ4v) is 5.38. The van der Waals surface area contributed by atoms with E-state index in [-0.39, 0.29) is 10.8 Å². The fraction of sp³-hybridized carbons (Fsp3) is 0.611. The molecule has 8 heteroatoms. The van der Waals surface area contributed by atoms with Crippen LogP contribution in [0.15, 0.2) is 29.2 Å². The van der Waals surface area contributed by atoms with Crippen LogP contribution in [-0.4, -0.2) is 69.3 Å². The van der Waals surface area contributed by atoms with Gasteiger partial charge in [-0.05, 0) is 31.0 Å². The highest BCUT2D eigenvalue weighted by atomic mass is 35.5. The maximum absolute atomic E-state index is 12.7. The number of quaternary nitrogens is 1. The van der Waals surface area contributed by atoms with Gasteiger partial charge in [0.25, 0.3) is 5.91 Å². The summed E-state index contributed by atoms with van der Waals surface area (Å²) in [5.74, 6) is 0.202. The molecule has 2 heterocycles. The Morgan fingerprint density at radius 1 is 1.04 bits per heavy atom. The summed E-state index contributed by atoms with van der Waals surface area (Å²) in [6, 6.07) is 6.37. The van der Waals surface area contributed by atoms with Gasteiger partial charge in [-0.1, -0.05) is 30.5 Å². The maximum Gasteiger partial charge on any atom is 0.277 e. The summed E-state index contributed by atoms with van der Waals surface area (Å²) in [5, 5.41) is 0.415. The second kappa shape index (κ2) is 8.69. The average Bonchev–Trinajstić information content (AvgIpc) is 2.92. The van der Waals surface area contributed by atoms with E-state index in [4.69, 9.17) is 11.6 Å². The van der Waals surface area contributed by atoms with Crippen LogP contribution in [0.25, 0.3) is 0 Å². The molecule has 2 aliphatic heterocycles. The first kappa shape index (κ1) is 19.6. The molecular weight excluding hydrogens is 374 g/mol. The number of likely N-dealkylation sites (tertiary alicyclic amines) is 1. The highest BCUT2D eigenvalue weighted by molar-refractivity contribution is 7.89. The van der Waals surface area contributed by atoms with Crippen molar-refractivity contribution in [3.8, 4) is 0 Å². The van der Waals surface area contributed by atoms with Crippen LogP contribution in [0.2, 0.25) is 5.02 Å². The molecule has 6 nitrogen and oxygen atoms in total. The van der Waals surface area contributed by atoms with Gasteiger partial charge in [0.2, 0.25) is 10.0 Å². The van der Waals surface area contributed by atoms with Crippen LogP contribution in [0.4, 0.5) is 0 Å². The molecule has 2 saturated heterocycles. The van der Waals surface area contributed by atoms with Crippen molar-refractivity contribution in [3.63, 3.8) is 0 Å². The van der Waals surface area contributed by atoms with Gasteiger partial charge in [-0.2, -0.15) is 4.31 Å². The quantitative estimate of drug-likeness (QED) is 0.806. The largest absolute Gasteiger partial charge is 0.338 e. The Kier molecular flexibility index (Phi) is 6.55. The van der Waals surface area contributed by atoms with Crippen molar-refractivity contribution in [2.75, 3.05) is 45.8 Å². The number of halogens is 1. The zero-order chi connectivity index (χ0) is 18.6. The van der Waals surface area contributed by atoms with Crippen molar-refractivity contribution in [1.82, 2.24) is 9.21 Å². The minimum Gasteiger partial charge on any atom is -0.338 e. The molecule has 0 unspecified atom stereocenters. The monoisotopic (exact) mass is 400 g/mol. The molecule has 0 bridgehead atoms. The smallest absolute Gasteiger partial charge is 0.277 e. The molecule has 0 aromatic heterocycles. The van der Waals surface area contributed by atoms with Crippen molar-refractivity contribution in [2.24, 2.45) is 0 Å². The molecule has 3 rings (SSSR count). The number of nitrogens with zero attached hydrogens (tertiary/aromatic N) is 2. The third-order valence-corrected chi connectivity index (χ3v) is 7.35. The summed E-state index contributed by atoms with van der Waals surface area (Å²) in [6.45, 7) is 4.35. The molecule has 0 atom stereocenters. The Balaban J connectivity index is 1.54. The Labute approximate surface area is 160 Å². The molecule has 0 spiro atoms. The van der Waals surface area contributed by atoms with E-state index in [2.05, 4.69) is 0 Å². The van der Waals surface area contributed by atoms with Crippen LogP contribution in [-0.2, 0) is 14.8 Å². The SMILES string of the molecule is O=C(C[NH+]1CCN(S(=O)(=O)c2cccc(Cl)c2)CC1)N1CCCCCC1. The molecule has 144 valence electrons. The number of hydrogen-bond acceptors (Lipinski definition) is 3. The number of carbonyl (C=O) groups is 1. The topological polar surface area (TPSA) is 62.1 Å². The molecular formula is C18H27ClN3O3S+. The minimum atomic E-state index is -3.52. The zero-order valence-corrected chi connectivity index (χ0v) is 16.6. The Morgan fingerprint density at radius 2 is 1.69 bits per heavy atom. The van der Waals surface area contributed by atoms with Gasteiger partial charge in [-0.25, -0.2) is 8.42 Å². The van der Waals surface area contributed by atoms with Gasteiger partial charge >= 0.3 is 0 Å². The fourth-order valence-electron chi connectivity index (χ4n) is 3.64. The normalized spacial score (nSPS) is 20.7. The molecule has 0 saturated carbocycles. The predicted molar refractivity (Wildman–Crippen MR) is 101 cm³/mol. The summed E-state index contributed by atoms with van der Waals surface area (Å²) in [4.78, 5) is 15.9. The van der Waals surface area contributed by atoms with Crippen molar-refractivity contribution in [1.29, 1.82) is 0 Å². The van der Waals surface area contributed by atoms with Crippen LogP contribution in [0.1, 0.15) is 25.7 Å². The number of piperazine rings is 1. The van der Waals surface area contributed by atoms with Crippen LogP contribution in [0, 0.1) is 0 Å². The van der Waals surface area contributed by atoms with Gasteiger partial charge in [0, 0.05) is 18.1 Å². The van der Waals surface area contributed by atoms with Gasteiger partial charge in [-0.3, -0.25) is 4.79 Å². The summed E-state index contributed by atoms with van der Waals surface area (Å²) in [6.07, 6.45) is 4.59. The molecule has 1 aromatic rings. The van der Waals surface area contributed by atoms with Crippen LogP contribution in [0.3, 0.4) is 0 Å². The molecule has 1 aromatic carbocycles. The number of hydrogen-bond donors (Lipinski definition) is 1. The summed E-state index contributed by atoms with van der Waals surface area (Å²) in [5.41, 5.74) is 0. The van der Waals surface area contributed by atoms with Crippen LogP contribution < -0.4 is 4.90 Å². The second-order valence-electron chi connectivity index (χ2n) is 7.08. The lowest BCUT2D eigenvalue weighted by Crippen LogP contribution is -3.15. The van der Waals surface area contributed by atoms with Crippen molar-refractivity contribution < 1.29 is 18.1 Å². The van der Waals surface area contributed by atoms with Gasteiger partial charge < -0.3 is 9.80 Å². The maximum atomic E-state index is 12.7. The molecule has 1 N–H and O–H groups in total. The van der Waals surface area contributed by atoms with Crippen molar-refractivity contribution in [2.45, 2.75) is 30.6 Å². The summed E-state index contributed by atoms with van der Waals surface area (Å²) >= 11 is 5.93. The Hall–Kier alpha value is -1.15. The lowest BCUT2D eigenvalue weighted by atomic mass is 10.2. The molecule has 1 amide bonds. The standard InChI is InChI=1S/C18H26ClN3O3S/c19-16-6-5-7-17(14-16)26(24,25)22-12-10-20(11-13-22)15-18(23)21-8-3-1-2-4-9-21/h5-7,14H,1-4,8-13,15H2/p+1. The first-order valence-electron chi connectivity index (χ1n) is 9.34. The van der Waals surface area contributed by atoms with Gasteiger partial charge in [0.1, 0.15) is 0 Å². The van der Waals surface area contributed by atoms with Crippen molar-refractivity contribution in [3.05, 3.63) is 29.3 Å². The lowest BCUT2D eigenvalue weighted by Gasteiger charge is -2.32. The number of amides is 1. The van der Waals surface area contributed by atoms with E-state index in [9.17, 15) is 13.2 Å². The van der Waals surface area contributed by atoms with E-state index in [1.165, 1.54) is 23.2 Å². The third-order valence-electron chi connectivity index (χ3n) is 5.22. The average molecular weight is 401 g/mol. The summed E-state index contributed by atoms with van der Waals surface area (Å²) < 4.78 is 27.0. The first-order chi connectivity index (χ1) is 12.5. The van der Waals surface area contributed by atoms with E-state index < -0.39 is 10.0 Å². The van der Waals surface area contributed by atoms with E-state index >= 15 is 0 Å². The van der Waals surface area contributed by atoms with E-state index in [0.717, 1.165) is 30.8 Å². The molecule has 2 aliphatic rings. The molecule has 2 fully saturated rings.